The summed E-state index contributed by atoms with van der Waals surface area (Å²) in [7, 11) is 6.31. The van der Waals surface area contributed by atoms with Gasteiger partial charge in [0.05, 0.1) is 26.5 Å². The highest BCUT2D eigenvalue weighted by Gasteiger charge is 2.24. The maximum absolute atomic E-state index is 13.4. The third-order valence-electron chi connectivity index (χ3n) is 5.21. The first-order valence-electron chi connectivity index (χ1n) is 10.9. The summed E-state index contributed by atoms with van der Waals surface area (Å²) in [5.41, 5.74) is 2.38. The average Bonchev–Trinajstić information content (AvgIpc) is 3.31. The van der Waals surface area contributed by atoms with Gasteiger partial charge < -0.3 is 24.4 Å². The number of carbonyl (C=O) groups excluding carboxylic acids is 2. The fraction of sp³-hybridized carbons (Fsp3) is 0.320. The fourth-order valence-corrected chi connectivity index (χ4v) is 3.43. The Labute approximate surface area is 199 Å². The van der Waals surface area contributed by atoms with Crippen molar-refractivity contribution in [2.45, 2.75) is 6.42 Å². The van der Waals surface area contributed by atoms with E-state index in [1.807, 2.05) is 36.4 Å². The maximum Gasteiger partial charge on any atom is 0.275 e. The number of para-hydroxylation sites is 1. The van der Waals surface area contributed by atoms with Crippen LogP contribution in [0.5, 0.6) is 11.5 Å². The molecule has 0 atom stereocenters. The lowest BCUT2D eigenvalue weighted by atomic mass is 10.0. The first kappa shape index (κ1) is 24.8. The highest BCUT2D eigenvalue weighted by atomic mass is 16.5. The van der Waals surface area contributed by atoms with Crippen molar-refractivity contribution in [2.24, 2.45) is 0 Å². The maximum atomic E-state index is 13.4. The van der Waals surface area contributed by atoms with Gasteiger partial charge in [0.15, 0.2) is 17.2 Å². The summed E-state index contributed by atoms with van der Waals surface area (Å²) < 4.78 is 17.4. The average molecular weight is 467 g/mol. The van der Waals surface area contributed by atoms with E-state index in [1.165, 1.54) is 4.90 Å². The second kappa shape index (κ2) is 11.9. The lowest BCUT2D eigenvalue weighted by Gasteiger charge is -2.16. The molecule has 0 radical (unpaired) electrons. The minimum atomic E-state index is -0.369. The Morgan fingerprint density at radius 1 is 1.03 bits per heavy atom. The largest absolute Gasteiger partial charge is 0.493 e. The minimum Gasteiger partial charge on any atom is -0.493 e. The number of ether oxygens (including phenoxy) is 3. The molecule has 3 rings (SSSR count). The van der Waals surface area contributed by atoms with Gasteiger partial charge in [-0.2, -0.15) is 5.10 Å². The number of likely N-dealkylation sites (N-methyl/N-ethyl adjacent to an activating group) is 1. The van der Waals surface area contributed by atoms with E-state index in [-0.39, 0.29) is 24.1 Å². The third kappa shape index (κ3) is 5.93. The van der Waals surface area contributed by atoms with Crippen molar-refractivity contribution >= 4 is 11.8 Å². The molecular weight excluding hydrogens is 436 g/mol. The van der Waals surface area contributed by atoms with Gasteiger partial charge in [0, 0.05) is 39.1 Å². The number of nitrogens with one attached hydrogen (secondary N) is 1. The van der Waals surface area contributed by atoms with Gasteiger partial charge in [-0.15, -0.1) is 0 Å². The number of carbonyl (C=O) groups is 2. The summed E-state index contributed by atoms with van der Waals surface area (Å²) >= 11 is 0. The van der Waals surface area contributed by atoms with E-state index < -0.39 is 0 Å². The Morgan fingerprint density at radius 3 is 2.44 bits per heavy atom. The first-order valence-corrected chi connectivity index (χ1v) is 10.9. The molecule has 0 saturated heterocycles. The van der Waals surface area contributed by atoms with Crippen LogP contribution >= 0.6 is 0 Å². The fourth-order valence-electron chi connectivity index (χ4n) is 3.43. The lowest BCUT2D eigenvalue weighted by Crippen LogP contribution is -2.39. The van der Waals surface area contributed by atoms with E-state index in [0.29, 0.717) is 36.6 Å². The molecule has 0 unspecified atom stereocenters. The van der Waals surface area contributed by atoms with E-state index >= 15 is 0 Å². The number of rotatable bonds is 11. The number of nitrogens with zero attached hydrogens (tertiary/aromatic N) is 3. The second-order valence-corrected chi connectivity index (χ2v) is 7.60. The highest BCUT2D eigenvalue weighted by Crippen LogP contribution is 2.34. The number of aromatic nitrogens is 2. The van der Waals surface area contributed by atoms with Gasteiger partial charge in [-0.05, 0) is 36.2 Å². The van der Waals surface area contributed by atoms with Gasteiger partial charge in [-0.25, -0.2) is 4.68 Å². The van der Waals surface area contributed by atoms with E-state index in [1.54, 1.807) is 51.4 Å². The van der Waals surface area contributed by atoms with Gasteiger partial charge in [0.1, 0.15) is 0 Å². The van der Waals surface area contributed by atoms with Crippen LogP contribution in [0.4, 0.5) is 0 Å². The van der Waals surface area contributed by atoms with Crippen LogP contribution in [0.2, 0.25) is 0 Å². The molecule has 180 valence electrons. The Bertz CT molecular complexity index is 1110. The summed E-state index contributed by atoms with van der Waals surface area (Å²) in [5.74, 6) is 0.500. The molecule has 34 heavy (non-hydrogen) atoms. The van der Waals surface area contributed by atoms with Crippen molar-refractivity contribution in [1.82, 2.24) is 20.0 Å². The number of amides is 2. The third-order valence-corrected chi connectivity index (χ3v) is 5.21. The van der Waals surface area contributed by atoms with Crippen LogP contribution < -0.4 is 14.8 Å². The van der Waals surface area contributed by atoms with Crippen molar-refractivity contribution in [3.8, 4) is 28.3 Å². The van der Waals surface area contributed by atoms with Crippen LogP contribution in [0.3, 0.4) is 0 Å². The Balaban J connectivity index is 1.91. The number of benzene rings is 2. The van der Waals surface area contributed by atoms with Crippen molar-refractivity contribution in [3.05, 3.63) is 60.4 Å². The molecule has 0 spiro atoms. The summed E-state index contributed by atoms with van der Waals surface area (Å²) in [4.78, 5) is 27.0. The molecular formula is C25H30N4O5. The summed E-state index contributed by atoms with van der Waals surface area (Å²) in [6.45, 7) is 0.949. The Morgan fingerprint density at radius 2 is 1.76 bits per heavy atom. The standard InChI is InChI=1S/C25H30N4O5/c1-28(17-23(30)26-13-8-14-32-2)25(31)24-20(16-29(27-24)19-9-6-5-7-10-19)18-11-12-21(33-3)22(15-18)34-4/h5-7,9-12,15-16H,8,13-14,17H2,1-4H3,(H,26,30). The zero-order chi connectivity index (χ0) is 24.5. The second-order valence-electron chi connectivity index (χ2n) is 7.60. The number of methoxy groups -OCH3 is 3. The predicted octanol–water partition coefficient (Wildman–Crippen LogP) is 2.78. The summed E-state index contributed by atoms with van der Waals surface area (Å²) in [6, 6.07) is 14.9. The normalized spacial score (nSPS) is 10.6. The molecule has 0 fully saturated rings. The van der Waals surface area contributed by atoms with Crippen molar-refractivity contribution < 1.29 is 23.8 Å². The predicted molar refractivity (Wildman–Crippen MR) is 129 cm³/mol. The molecule has 1 heterocycles. The molecule has 1 aromatic heterocycles. The molecule has 2 aromatic carbocycles. The van der Waals surface area contributed by atoms with E-state index in [9.17, 15) is 9.59 Å². The van der Waals surface area contributed by atoms with E-state index in [4.69, 9.17) is 14.2 Å². The van der Waals surface area contributed by atoms with Crippen LogP contribution in [-0.2, 0) is 9.53 Å². The monoisotopic (exact) mass is 466 g/mol. The molecule has 0 aliphatic rings. The van der Waals surface area contributed by atoms with Crippen LogP contribution in [0, 0.1) is 0 Å². The summed E-state index contributed by atoms with van der Waals surface area (Å²) in [5, 5.41) is 7.37. The number of hydrogen-bond donors (Lipinski definition) is 1. The quantitative estimate of drug-likeness (QED) is 0.437. The zero-order valence-corrected chi connectivity index (χ0v) is 19.9. The molecule has 0 bridgehead atoms. The van der Waals surface area contributed by atoms with Gasteiger partial charge >= 0.3 is 0 Å². The minimum absolute atomic E-state index is 0.0879. The molecule has 1 N–H and O–H groups in total. The molecule has 9 nitrogen and oxygen atoms in total. The molecule has 9 heteroatoms. The molecule has 0 aliphatic heterocycles. The number of hydrogen-bond acceptors (Lipinski definition) is 6. The summed E-state index contributed by atoms with van der Waals surface area (Å²) in [6.07, 6.45) is 2.49. The smallest absolute Gasteiger partial charge is 0.275 e. The molecule has 0 aliphatic carbocycles. The lowest BCUT2D eigenvalue weighted by molar-refractivity contribution is -0.121. The van der Waals surface area contributed by atoms with Crippen LogP contribution in [0.25, 0.3) is 16.8 Å². The van der Waals surface area contributed by atoms with Crippen LogP contribution in [0.15, 0.2) is 54.7 Å². The van der Waals surface area contributed by atoms with Crippen molar-refractivity contribution in [2.75, 3.05) is 48.1 Å². The Kier molecular flexibility index (Phi) is 8.64. The Hall–Kier alpha value is -3.85. The highest BCUT2D eigenvalue weighted by molar-refractivity contribution is 6.00. The molecule has 3 aromatic rings. The van der Waals surface area contributed by atoms with Gasteiger partial charge in [-0.3, -0.25) is 9.59 Å². The van der Waals surface area contributed by atoms with Crippen LogP contribution in [0.1, 0.15) is 16.9 Å². The van der Waals surface area contributed by atoms with E-state index in [0.717, 1.165) is 11.3 Å². The molecule has 0 saturated carbocycles. The topological polar surface area (TPSA) is 94.9 Å². The van der Waals surface area contributed by atoms with Crippen molar-refractivity contribution in [1.29, 1.82) is 0 Å². The SMILES string of the molecule is COCCCNC(=O)CN(C)C(=O)c1nn(-c2ccccc2)cc1-c1ccc(OC)c(OC)c1. The molecule has 2 amide bonds. The first-order chi connectivity index (χ1) is 16.5. The van der Waals surface area contributed by atoms with Gasteiger partial charge in [0.2, 0.25) is 5.91 Å². The van der Waals surface area contributed by atoms with E-state index in [2.05, 4.69) is 10.4 Å². The van der Waals surface area contributed by atoms with Crippen LogP contribution in [-0.4, -0.2) is 74.6 Å². The van der Waals surface area contributed by atoms with Crippen molar-refractivity contribution in [3.63, 3.8) is 0 Å². The zero-order valence-electron chi connectivity index (χ0n) is 19.9. The van der Waals surface area contributed by atoms with Gasteiger partial charge in [0.25, 0.3) is 5.91 Å². The van der Waals surface area contributed by atoms with Gasteiger partial charge in [-0.1, -0.05) is 24.3 Å².